The van der Waals surface area contributed by atoms with Crippen LogP contribution in [0.1, 0.15) is 30.2 Å². The maximum atomic E-state index is 13.7. The lowest BCUT2D eigenvalue weighted by Crippen LogP contribution is -2.05. The van der Waals surface area contributed by atoms with Crippen molar-refractivity contribution in [2.24, 2.45) is 5.92 Å². The van der Waals surface area contributed by atoms with Crippen LogP contribution < -0.4 is 0 Å². The van der Waals surface area contributed by atoms with Gasteiger partial charge in [-0.05, 0) is 43.0 Å². The van der Waals surface area contributed by atoms with Gasteiger partial charge >= 0.3 is 6.18 Å². The number of alkyl halides is 3. The summed E-state index contributed by atoms with van der Waals surface area (Å²) in [6, 6.07) is 6.22. The van der Waals surface area contributed by atoms with Crippen molar-refractivity contribution in [3.05, 3.63) is 65.2 Å². The fourth-order valence-corrected chi connectivity index (χ4v) is 2.05. The zero-order chi connectivity index (χ0) is 16.9. The minimum atomic E-state index is -4.53. The number of aryl methyl sites for hydroxylation is 1. The molecule has 0 aliphatic carbocycles. The smallest absolute Gasteiger partial charge is 0.206 e. The summed E-state index contributed by atoms with van der Waals surface area (Å²) >= 11 is 0. The topological polar surface area (TPSA) is 25.8 Å². The molecule has 1 unspecified atom stereocenters. The van der Waals surface area contributed by atoms with Gasteiger partial charge in [0.15, 0.2) is 0 Å². The molecule has 0 amide bonds. The van der Waals surface area contributed by atoms with Crippen LogP contribution in [0.15, 0.2) is 42.6 Å². The van der Waals surface area contributed by atoms with Gasteiger partial charge in [0.1, 0.15) is 5.82 Å². The van der Waals surface area contributed by atoms with Gasteiger partial charge in [-0.1, -0.05) is 25.1 Å². The van der Waals surface area contributed by atoms with Crippen molar-refractivity contribution in [1.29, 1.82) is 0 Å². The van der Waals surface area contributed by atoms with Crippen LogP contribution in [0, 0.1) is 11.7 Å². The molecule has 0 aliphatic heterocycles. The summed E-state index contributed by atoms with van der Waals surface area (Å²) in [6.07, 6.45) is 1.87. The number of nitrogens with zero attached hydrogens (tertiary/aromatic N) is 2. The molecular weight excluding hydrogens is 308 g/mol. The number of halogens is 4. The van der Waals surface area contributed by atoms with Crippen LogP contribution in [0.5, 0.6) is 0 Å². The highest BCUT2D eigenvalue weighted by atomic mass is 19.4. The lowest BCUT2D eigenvalue weighted by Gasteiger charge is -2.08. The molecule has 2 rings (SSSR count). The molecule has 1 atom stereocenters. The van der Waals surface area contributed by atoms with E-state index in [-0.39, 0.29) is 11.5 Å². The summed E-state index contributed by atoms with van der Waals surface area (Å²) in [5.74, 6) is -0.740. The van der Waals surface area contributed by atoms with Gasteiger partial charge in [0, 0.05) is 11.8 Å². The Morgan fingerprint density at radius 2 is 2.00 bits per heavy atom. The maximum absolute atomic E-state index is 13.7. The van der Waals surface area contributed by atoms with Gasteiger partial charge in [0.25, 0.3) is 0 Å². The standard InChI is InChI=1S/C17H16F4N2/c1-12(5-9-15-3-2-10-22-23-15)4-6-13-7-8-14(11-16(13)18)17(19,20)21/h2-4,6-8,10-12H,5,9H2,1H3/b6-4+. The third-order valence-corrected chi connectivity index (χ3v) is 3.42. The zero-order valence-electron chi connectivity index (χ0n) is 12.5. The minimum absolute atomic E-state index is 0.138. The molecule has 0 aliphatic rings. The third kappa shape index (κ3) is 5.16. The fourth-order valence-electron chi connectivity index (χ4n) is 2.05. The highest BCUT2D eigenvalue weighted by molar-refractivity contribution is 5.51. The zero-order valence-corrected chi connectivity index (χ0v) is 12.5. The van der Waals surface area contributed by atoms with Crippen molar-refractivity contribution in [3.8, 4) is 0 Å². The van der Waals surface area contributed by atoms with Crippen molar-refractivity contribution < 1.29 is 17.6 Å². The lowest BCUT2D eigenvalue weighted by molar-refractivity contribution is -0.137. The molecule has 0 N–H and O–H groups in total. The molecule has 6 heteroatoms. The second-order valence-electron chi connectivity index (χ2n) is 5.32. The van der Waals surface area contributed by atoms with Gasteiger partial charge < -0.3 is 0 Å². The van der Waals surface area contributed by atoms with E-state index in [4.69, 9.17) is 0 Å². The molecule has 2 nitrogen and oxygen atoms in total. The second-order valence-corrected chi connectivity index (χ2v) is 5.32. The summed E-state index contributed by atoms with van der Waals surface area (Å²) < 4.78 is 51.2. The summed E-state index contributed by atoms with van der Waals surface area (Å²) in [7, 11) is 0. The van der Waals surface area contributed by atoms with E-state index < -0.39 is 17.6 Å². The Balaban J connectivity index is 1.97. The van der Waals surface area contributed by atoms with E-state index in [0.717, 1.165) is 30.7 Å². The second kappa shape index (κ2) is 7.35. The molecule has 0 bridgehead atoms. The highest BCUT2D eigenvalue weighted by Gasteiger charge is 2.30. The normalized spacial score (nSPS) is 13.4. The first kappa shape index (κ1) is 17.1. The van der Waals surface area contributed by atoms with E-state index in [2.05, 4.69) is 10.2 Å². The van der Waals surface area contributed by atoms with Crippen molar-refractivity contribution in [2.45, 2.75) is 25.9 Å². The SMILES string of the molecule is CC(/C=C/c1ccc(C(F)(F)F)cc1F)CCc1cccnn1. The largest absolute Gasteiger partial charge is 0.416 e. The van der Waals surface area contributed by atoms with Crippen LogP contribution in [0.2, 0.25) is 0 Å². The third-order valence-electron chi connectivity index (χ3n) is 3.42. The summed E-state index contributed by atoms with van der Waals surface area (Å²) in [6.45, 7) is 1.95. The van der Waals surface area contributed by atoms with Crippen LogP contribution in [0.4, 0.5) is 17.6 Å². The van der Waals surface area contributed by atoms with Crippen molar-refractivity contribution in [3.63, 3.8) is 0 Å². The molecule has 2 aromatic rings. The fraction of sp³-hybridized carbons (Fsp3) is 0.294. The molecule has 1 aromatic carbocycles. The van der Waals surface area contributed by atoms with Crippen molar-refractivity contribution >= 4 is 6.08 Å². The Bertz CT molecular complexity index is 666. The number of hydrogen-bond donors (Lipinski definition) is 0. The van der Waals surface area contributed by atoms with E-state index in [1.165, 1.54) is 6.08 Å². The molecule has 0 saturated heterocycles. The molecule has 0 spiro atoms. The van der Waals surface area contributed by atoms with Crippen LogP contribution in [-0.2, 0) is 12.6 Å². The molecule has 23 heavy (non-hydrogen) atoms. The van der Waals surface area contributed by atoms with E-state index in [0.29, 0.717) is 6.07 Å². The monoisotopic (exact) mass is 324 g/mol. The van der Waals surface area contributed by atoms with Crippen LogP contribution in [-0.4, -0.2) is 10.2 Å². The van der Waals surface area contributed by atoms with Gasteiger partial charge in [0.2, 0.25) is 0 Å². The number of hydrogen-bond acceptors (Lipinski definition) is 2. The van der Waals surface area contributed by atoms with E-state index >= 15 is 0 Å². The number of aromatic nitrogens is 2. The van der Waals surface area contributed by atoms with Crippen molar-refractivity contribution in [2.75, 3.05) is 0 Å². The van der Waals surface area contributed by atoms with Gasteiger partial charge in [-0.2, -0.15) is 23.4 Å². The lowest BCUT2D eigenvalue weighted by atomic mass is 10.0. The summed E-state index contributed by atoms with van der Waals surface area (Å²) in [5.41, 5.74) is 0.0284. The summed E-state index contributed by atoms with van der Waals surface area (Å²) in [4.78, 5) is 0. The van der Waals surface area contributed by atoms with E-state index in [1.54, 1.807) is 18.3 Å². The van der Waals surface area contributed by atoms with Crippen LogP contribution in [0.25, 0.3) is 6.08 Å². The first-order valence-electron chi connectivity index (χ1n) is 7.18. The molecule has 0 saturated carbocycles. The first-order chi connectivity index (χ1) is 10.9. The molecule has 122 valence electrons. The average molecular weight is 324 g/mol. The van der Waals surface area contributed by atoms with E-state index in [1.807, 2.05) is 13.0 Å². The predicted octanol–water partition coefficient (Wildman–Crippen LogP) is 4.92. The Morgan fingerprint density at radius 1 is 1.22 bits per heavy atom. The maximum Gasteiger partial charge on any atom is 0.416 e. The van der Waals surface area contributed by atoms with Gasteiger partial charge in [0.05, 0.1) is 11.3 Å². The van der Waals surface area contributed by atoms with E-state index in [9.17, 15) is 17.6 Å². The molecule has 0 radical (unpaired) electrons. The Kier molecular flexibility index (Phi) is 5.47. The highest BCUT2D eigenvalue weighted by Crippen LogP contribution is 2.30. The summed E-state index contributed by atoms with van der Waals surface area (Å²) in [5, 5.41) is 7.76. The van der Waals surface area contributed by atoms with Gasteiger partial charge in [-0.3, -0.25) is 0 Å². The molecule has 1 aromatic heterocycles. The molecular formula is C17H16F4N2. The average Bonchev–Trinajstić information content (AvgIpc) is 2.51. The molecule has 0 fully saturated rings. The van der Waals surface area contributed by atoms with Crippen LogP contribution >= 0.6 is 0 Å². The van der Waals surface area contributed by atoms with Gasteiger partial charge in [-0.25, -0.2) is 4.39 Å². The number of allylic oxidation sites excluding steroid dienone is 1. The minimum Gasteiger partial charge on any atom is -0.206 e. The Hall–Kier alpha value is -2.24. The molecule has 1 heterocycles. The number of rotatable bonds is 5. The Labute approximate surface area is 131 Å². The Morgan fingerprint density at radius 3 is 2.61 bits per heavy atom. The van der Waals surface area contributed by atoms with Crippen molar-refractivity contribution in [1.82, 2.24) is 10.2 Å². The van der Waals surface area contributed by atoms with Crippen LogP contribution in [0.3, 0.4) is 0 Å². The first-order valence-corrected chi connectivity index (χ1v) is 7.18. The quantitative estimate of drug-likeness (QED) is 0.730. The number of benzene rings is 1. The predicted molar refractivity (Wildman–Crippen MR) is 80.0 cm³/mol. The van der Waals surface area contributed by atoms with Gasteiger partial charge in [-0.15, -0.1) is 0 Å².